The number of hydrogen-bond donors (Lipinski definition) is 3. The van der Waals surface area contributed by atoms with Crippen LogP contribution >= 0.6 is 0 Å². The molecule has 2 aromatic carbocycles. The SMILES string of the molecule is NC(=O)c1ccc(-c2ccc(-c3nn[nH]n3)c(N)c2)cc1. The van der Waals surface area contributed by atoms with Crippen LogP contribution < -0.4 is 11.5 Å². The van der Waals surface area contributed by atoms with Crippen LogP contribution in [-0.2, 0) is 0 Å². The van der Waals surface area contributed by atoms with Gasteiger partial charge in [0.1, 0.15) is 0 Å². The maximum atomic E-state index is 11.1. The molecule has 21 heavy (non-hydrogen) atoms. The molecular weight excluding hydrogens is 268 g/mol. The fourth-order valence-corrected chi connectivity index (χ4v) is 2.05. The van der Waals surface area contributed by atoms with Crippen LogP contribution in [0.25, 0.3) is 22.5 Å². The van der Waals surface area contributed by atoms with Gasteiger partial charge in [-0.2, -0.15) is 5.21 Å². The Balaban J connectivity index is 1.96. The number of hydrogen-bond acceptors (Lipinski definition) is 5. The van der Waals surface area contributed by atoms with Crippen LogP contribution in [0.2, 0.25) is 0 Å². The highest BCUT2D eigenvalue weighted by Crippen LogP contribution is 2.28. The third kappa shape index (κ3) is 2.44. The summed E-state index contributed by atoms with van der Waals surface area (Å²) in [5.41, 5.74) is 14.8. The van der Waals surface area contributed by atoms with Gasteiger partial charge in [-0.1, -0.05) is 18.2 Å². The van der Waals surface area contributed by atoms with Crippen molar-refractivity contribution in [3.8, 4) is 22.5 Å². The highest BCUT2D eigenvalue weighted by molar-refractivity contribution is 5.93. The van der Waals surface area contributed by atoms with Crippen LogP contribution in [0.15, 0.2) is 42.5 Å². The van der Waals surface area contributed by atoms with Gasteiger partial charge in [-0.05, 0) is 40.6 Å². The summed E-state index contributed by atoms with van der Waals surface area (Å²) in [4.78, 5) is 11.1. The number of primary amides is 1. The van der Waals surface area contributed by atoms with Gasteiger partial charge in [0.25, 0.3) is 0 Å². The first-order chi connectivity index (χ1) is 10.1. The first-order valence-corrected chi connectivity index (χ1v) is 6.19. The molecule has 0 aliphatic carbocycles. The van der Waals surface area contributed by atoms with Crippen molar-refractivity contribution in [1.82, 2.24) is 20.6 Å². The van der Waals surface area contributed by atoms with Gasteiger partial charge in [-0.25, -0.2) is 0 Å². The lowest BCUT2D eigenvalue weighted by molar-refractivity contribution is 0.100. The summed E-state index contributed by atoms with van der Waals surface area (Å²) in [5, 5.41) is 13.7. The normalized spacial score (nSPS) is 10.5. The van der Waals surface area contributed by atoms with Crippen molar-refractivity contribution in [2.45, 2.75) is 0 Å². The number of aromatic nitrogens is 4. The molecule has 0 bridgehead atoms. The second kappa shape index (κ2) is 5.04. The number of carbonyl (C=O) groups excluding carboxylic acids is 1. The third-order valence-corrected chi connectivity index (χ3v) is 3.14. The minimum absolute atomic E-state index is 0.447. The van der Waals surface area contributed by atoms with E-state index in [0.717, 1.165) is 11.1 Å². The second-order valence-corrected chi connectivity index (χ2v) is 4.48. The second-order valence-electron chi connectivity index (χ2n) is 4.48. The molecule has 0 radical (unpaired) electrons. The number of nitrogen functional groups attached to an aromatic ring is 1. The van der Waals surface area contributed by atoms with Crippen LogP contribution in [0.1, 0.15) is 10.4 Å². The van der Waals surface area contributed by atoms with Gasteiger partial charge < -0.3 is 11.5 Å². The number of benzene rings is 2. The summed E-state index contributed by atoms with van der Waals surface area (Å²) in [6.45, 7) is 0. The zero-order valence-corrected chi connectivity index (χ0v) is 10.9. The highest BCUT2D eigenvalue weighted by atomic mass is 16.1. The molecule has 0 aliphatic rings. The van der Waals surface area contributed by atoms with Gasteiger partial charge in [-0.15, -0.1) is 10.2 Å². The van der Waals surface area contributed by atoms with E-state index < -0.39 is 5.91 Å². The van der Waals surface area contributed by atoms with Crippen molar-refractivity contribution in [3.05, 3.63) is 48.0 Å². The van der Waals surface area contributed by atoms with Gasteiger partial charge in [-0.3, -0.25) is 4.79 Å². The Kier molecular flexibility index (Phi) is 3.07. The molecule has 7 heteroatoms. The number of nitrogens with two attached hydrogens (primary N) is 2. The Hall–Kier alpha value is -3.22. The monoisotopic (exact) mass is 280 g/mol. The lowest BCUT2D eigenvalue weighted by Crippen LogP contribution is -2.10. The van der Waals surface area contributed by atoms with Crippen molar-refractivity contribution in [1.29, 1.82) is 0 Å². The van der Waals surface area contributed by atoms with Crippen LogP contribution in [0.4, 0.5) is 5.69 Å². The number of tetrazole rings is 1. The summed E-state index contributed by atoms with van der Waals surface area (Å²) in [7, 11) is 0. The van der Waals surface area contributed by atoms with E-state index in [1.807, 2.05) is 30.3 Å². The molecule has 3 rings (SSSR count). The minimum atomic E-state index is -0.450. The van der Waals surface area contributed by atoms with E-state index in [1.165, 1.54) is 0 Å². The molecule has 0 aliphatic heterocycles. The van der Waals surface area contributed by atoms with E-state index in [9.17, 15) is 4.79 Å². The van der Waals surface area contributed by atoms with Crippen LogP contribution in [0.3, 0.4) is 0 Å². The zero-order chi connectivity index (χ0) is 14.8. The largest absolute Gasteiger partial charge is 0.398 e. The van der Waals surface area contributed by atoms with Crippen molar-refractivity contribution in [2.24, 2.45) is 5.73 Å². The number of nitrogens with zero attached hydrogens (tertiary/aromatic N) is 3. The number of aromatic amines is 1. The van der Waals surface area contributed by atoms with E-state index in [4.69, 9.17) is 11.5 Å². The molecule has 3 aromatic rings. The quantitative estimate of drug-likeness (QED) is 0.622. The number of amides is 1. The molecule has 1 heterocycles. The molecule has 0 spiro atoms. The van der Waals surface area contributed by atoms with Gasteiger partial charge in [0.05, 0.1) is 0 Å². The van der Waals surface area contributed by atoms with Crippen LogP contribution in [-0.4, -0.2) is 26.5 Å². The predicted molar refractivity (Wildman–Crippen MR) is 78.0 cm³/mol. The number of anilines is 1. The third-order valence-electron chi connectivity index (χ3n) is 3.14. The molecule has 0 fully saturated rings. The molecule has 5 N–H and O–H groups in total. The zero-order valence-electron chi connectivity index (χ0n) is 10.9. The molecular formula is C14H12N6O. The fraction of sp³-hybridized carbons (Fsp3) is 0. The fourth-order valence-electron chi connectivity index (χ4n) is 2.05. The summed E-state index contributed by atoms with van der Waals surface area (Å²) >= 11 is 0. The molecule has 7 nitrogen and oxygen atoms in total. The maximum Gasteiger partial charge on any atom is 0.248 e. The molecule has 1 aromatic heterocycles. The van der Waals surface area contributed by atoms with Gasteiger partial charge in [0, 0.05) is 16.8 Å². The summed E-state index contributed by atoms with van der Waals surface area (Å²) in [5.74, 6) is -0.00311. The van der Waals surface area contributed by atoms with Crippen molar-refractivity contribution < 1.29 is 4.79 Å². The minimum Gasteiger partial charge on any atom is -0.398 e. The predicted octanol–water partition coefficient (Wildman–Crippen LogP) is 1.21. The van der Waals surface area contributed by atoms with E-state index >= 15 is 0 Å². The smallest absolute Gasteiger partial charge is 0.248 e. The van der Waals surface area contributed by atoms with E-state index in [0.29, 0.717) is 22.6 Å². The van der Waals surface area contributed by atoms with E-state index in [1.54, 1.807) is 12.1 Å². The Bertz CT molecular complexity index is 780. The summed E-state index contributed by atoms with van der Waals surface area (Å²) in [6.07, 6.45) is 0. The molecule has 0 saturated heterocycles. The average molecular weight is 280 g/mol. The topological polar surface area (TPSA) is 124 Å². The van der Waals surface area contributed by atoms with Gasteiger partial charge >= 0.3 is 0 Å². The van der Waals surface area contributed by atoms with Crippen molar-refractivity contribution in [2.75, 3.05) is 5.73 Å². The van der Waals surface area contributed by atoms with Crippen LogP contribution in [0, 0.1) is 0 Å². The van der Waals surface area contributed by atoms with Crippen molar-refractivity contribution in [3.63, 3.8) is 0 Å². The number of rotatable bonds is 3. The molecule has 1 amide bonds. The first-order valence-electron chi connectivity index (χ1n) is 6.19. The first kappa shape index (κ1) is 12.8. The standard InChI is InChI=1S/C14H12N6O/c15-12-7-10(5-6-11(12)14-17-19-20-18-14)8-1-3-9(4-2-8)13(16)21/h1-7H,15H2,(H2,16,21)(H,17,18,19,20). The number of nitrogens with one attached hydrogen (secondary N) is 1. The number of H-pyrrole nitrogens is 1. The average Bonchev–Trinajstić information content (AvgIpc) is 3.01. The Morgan fingerprint density at radius 3 is 2.33 bits per heavy atom. The lowest BCUT2D eigenvalue weighted by atomic mass is 10.0. The Labute approximate surface area is 120 Å². The lowest BCUT2D eigenvalue weighted by Gasteiger charge is -2.06. The molecule has 104 valence electrons. The van der Waals surface area contributed by atoms with Gasteiger partial charge in [0.2, 0.25) is 11.7 Å². The highest BCUT2D eigenvalue weighted by Gasteiger charge is 2.09. The molecule has 0 atom stereocenters. The maximum absolute atomic E-state index is 11.1. The van der Waals surface area contributed by atoms with Crippen LogP contribution in [0.5, 0.6) is 0 Å². The summed E-state index contributed by atoms with van der Waals surface area (Å²) < 4.78 is 0. The number of carbonyl (C=O) groups is 1. The molecule has 0 unspecified atom stereocenters. The van der Waals surface area contributed by atoms with Crippen molar-refractivity contribution >= 4 is 11.6 Å². The Morgan fingerprint density at radius 1 is 1.05 bits per heavy atom. The Morgan fingerprint density at radius 2 is 1.76 bits per heavy atom. The van der Waals surface area contributed by atoms with E-state index in [-0.39, 0.29) is 0 Å². The van der Waals surface area contributed by atoms with E-state index in [2.05, 4.69) is 20.6 Å². The molecule has 0 saturated carbocycles. The van der Waals surface area contributed by atoms with Gasteiger partial charge in [0.15, 0.2) is 0 Å². The summed E-state index contributed by atoms with van der Waals surface area (Å²) in [6, 6.07) is 12.6.